The van der Waals surface area contributed by atoms with Crippen LogP contribution in [-0.2, 0) is 17.8 Å². The van der Waals surface area contributed by atoms with Crippen molar-refractivity contribution in [2.45, 2.75) is 13.0 Å². The Morgan fingerprint density at radius 3 is 2.62 bits per heavy atom. The fourth-order valence-corrected chi connectivity index (χ4v) is 3.24. The SMILES string of the molecule is COc1ccc(-c2nc(CC(=O)NCc3ccncc3)cs2)cc1OC. The average Bonchev–Trinajstić information content (AvgIpc) is 3.15. The summed E-state index contributed by atoms with van der Waals surface area (Å²) in [5.41, 5.74) is 2.68. The van der Waals surface area contributed by atoms with Crippen LogP contribution in [0.3, 0.4) is 0 Å². The van der Waals surface area contributed by atoms with Crippen LogP contribution < -0.4 is 14.8 Å². The number of benzene rings is 1. The second-order valence-electron chi connectivity index (χ2n) is 5.52. The molecular weight excluding hydrogens is 350 g/mol. The van der Waals surface area contributed by atoms with Crippen molar-refractivity contribution in [1.82, 2.24) is 15.3 Å². The zero-order valence-electron chi connectivity index (χ0n) is 14.6. The standard InChI is InChI=1S/C19H19N3O3S/c1-24-16-4-3-14(9-17(16)25-2)19-22-15(12-26-19)10-18(23)21-11-13-5-7-20-8-6-13/h3-9,12H,10-11H2,1-2H3,(H,21,23). The Kier molecular flexibility index (Phi) is 5.80. The van der Waals surface area contributed by atoms with Crippen LogP contribution in [0.15, 0.2) is 48.1 Å². The number of methoxy groups -OCH3 is 2. The number of hydrogen-bond donors (Lipinski definition) is 1. The molecule has 0 aliphatic carbocycles. The van der Waals surface area contributed by atoms with Crippen molar-refractivity contribution in [3.8, 4) is 22.1 Å². The molecule has 134 valence electrons. The zero-order chi connectivity index (χ0) is 18.4. The lowest BCUT2D eigenvalue weighted by Gasteiger charge is -2.08. The van der Waals surface area contributed by atoms with E-state index in [0.29, 0.717) is 18.0 Å². The van der Waals surface area contributed by atoms with Crippen molar-refractivity contribution >= 4 is 17.2 Å². The van der Waals surface area contributed by atoms with Gasteiger partial charge in [0.1, 0.15) is 5.01 Å². The highest BCUT2D eigenvalue weighted by atomic mass is 32.1. The molecule has 1 aromatic carbocycles. The lowest BCUT2D eigenvalue weighted by molar-refractivity contribution is -0.120. The number of ether oxygens (including phenoxy) is 2. The first-order valence-electron chi connectivity index (χ1n) is 8.02. The molecule has 0 atom stereocenters. The molecule has 0 unspecified atom stereocenters. The van der Waals surface area contributed by atoms with Gasteiger partial charge in [-0.25, -0.2) is 4.98 Å². The lowest BCUT2D eigenvalue weighted by atomic mass is 10.2. The highest BCUT2D eigenvalue weighted by Gasteiger charge is 2.11. The minimum Gasteiger partial charge on any atom is -0.493 e. The smallest absolute Gasteiger partial charge is 0.226 e. The van der Waals surface area contributed by atoms with Gasteiger partial charge < -0.3 is 14.8 Å². The van der Waals surface area contributed by atoms with Crippen LogP contribution in [-0.4, -0.2) is 30.1 Å². The van der Waals surface area contributed by atoms with Crippen LogP contribution in [0.25, 0.3) is 10.6 Å². The largest absolute Gasteiger partial charge is 0.493 e. The van der Waals surface area contributed by atoms with Crippen LogP contribution in [0.4, 0.5) is 0 Å². The summed E-state index contributed by atoms with van der Waals surface area (Å²) in [6, 6.07) is 9.39. The van der Waals surface area contributed by atoms with E-state index in [9.17, 15) is 4.79 Å². The van der Waals surface area contributed by atoms with Crippen LogP contribution >= 0.6 is 11.3 Å². The molecule has 2 heterocycles. The van der Waals surface area contributed by atoms with Gasteiger partial charge in [0.05, 0.1) is 26.3 Å². The van der Waals surface area contributed by atoms with Gasteiger partial charge >= 0.3 is 0 Å². The van der Waals surface area contributed by atoms with Gasteiger partial charge in [0.2, 0.25) is 5.91 Å². The Morgan fingerprint density at radius 2 is 1.88 bits per heavy atom. The minimum atomic E-state index is -0.0639. The number of amides is 1. The summed E-state index contributed by atoms with van der Waals surface area (Å²) in [5, 5.41) is 5.63. The van der Waals surface area contributed by atoms with Gasteiger partial charge in [-0.05, 0) is 35.9 Å². The van der Waals surface area contributed by atoms with Crippen LogP contribution in [0, 0.1) is 0 Å². The molecule has 3 rings (SSSR count). The molecule has 0 bridgehead atoms. The molecule has 3 aromatic rings. The summed E-state index contributed by atoms with van der Waals surface area (Å²) < 4.78 is 10.6. The van der Waals surface area contributed by atoms with Crippen LogP contribution in [0.2, 0.25) is 0 Å². The van der Waals surface area contributed by atoms with Gasteiger partial charge in [-0.15, -0.1) is 11.3 Å². The maximum absolute atomic E-state index is 12.1. The molecule has 26 heavy (non-hydrogen) atoms. The monoisotopic (exact) mass is 369 g/mol. The van der Waals surface area contributed by atoms with Crippen LogP contribution in [0.5, 0.6) is 11.5 Å². The summed E-state index contributed by atoms with van der Waals surface area (Å²) in [7, 11) is 3.20. The normalized spacial score (nSPS) is 10.4. The Morgan fingerprint density at radius 1 is 1.12 bits per heavy atom. The van der Waals surface area contributed by atoms with E-state index in [4.69, 9.17) is 9.47 Å². The van der Waals surface area contributed by atoms with Gasteiger partial charge in [-0.2, -0.15) is 0 Å². The van der Waals surface area contributed by atoms with Crippen molar-refractivity contribution in [3.05, 3.63) is 59.4 Å². The summed E-state index contributed by atoms with van der Waals surface area (Å²) in [6.45, 7) is 0.480. The predicted molar refractivity (Wildman–Crippen MR) is 100 cm³/mol. The van der Waals surface area contributed by atoms with Crippen molar-refractivity contribution in [1.29, 1.82) is 0 Å². The summed E-state index contributed by atoms with van der Waals surface area (Å²) >= 11 is 1.50. The number of hydrogen-bond acceptors (Lipinski definition) is 6. The highest BCUT2D eigenvalue weighted by Crippen LogP contribution is 2.33. The van der Waals surface area contributed by atoms with E-state index >= 15 is 0 Å². The van der Waals surface area contributed by atoms with E-state index < -0.39 is 0 Å². The first-order valence-corrected chi connectivity index (χ1v) is 8.90. The quantitative estimate of drug-likeness (QED) is 0.693. The number of thiazole rings is 1. The fraction of sp³-hybridized carbons (Fsp3) is 0.211. The third-order valence-electron chi connectivity index (χ3n) is 3.76. The highest BCUT2D eigenvalue weighted by molar-refractivity contribution is 7.13. The molecule has 1 amide bonds. The summed E-state index contributed by atoms with van der Waals surface area (Å²) in [4.78, 5) is 20.6. The number of pyridine rings is 1. The summed E-state index contributed by atoms with van der Waals surface area (Å²) in [6.07, 6.45) is 3.66. The second kappa shape index (κ2) is 8.44. The number of carbonyl (C=O) groups is 1. The maximum Gasteiger partial charge on any atom is 0.226 e. The van der Waals surface area contributed by atoms with Gasteiger partial charge in [0, 0.05) is 29.9 Å². The summed E-state index contributed by atoms with van der Waals surface area (Å²) in [5.74, 6) is 1.26. The third-order valence-corrected chi connectivity index (χ3v) is 4.70. The molecule has 7 heteroatoms. The predicted octanol–water partition coefficient (Wildman–Crippen LogP) is 3.08. The number of nitrogens with one attached hydrogen (secondary N) is 1. The Bertz CT molecular complexity index is 881. The number of nitrogens with zero attached hydrogens (tertiary/aromatic N) is 2. The van der Waals surface area contributed by atoms with Gasteiger partial charge in [0.25, 0.3) is 0 Å². The topological polar surface area (TPSA) is 73.3 Å². The maximum atomic E-state index is 12.1. The fourth-order valence-electron chi connectivity index (χ4n) is 2.42. The molecule has 1 N–H and O–H groups in total. The number of rotatable bonds is 7. The molecule has 0 aliphatic heterocycles. The average molecular weight is 369 g/mol. The zero-order valence-corrected chi connectivity index (χ0v) is 15.4. The molecule has 2 aromatic heterocycles. The third kappa shape index (κ3) is 4.37. The second-order valence-corrected chi connectivity index (χ2v) is 6.38. The van der Waals surface area contributed by atoms with E-state index in [0.717, 1.165) is 21.8 Å². The first-order chi connectivity index (χ1) is 12.7. The van der Waals surface area contributed by atoms with Crippen LogP contribution in [0.1, 0.15) is 11.3 Å². The molecule has 0 radical (unpaired) electrons. The Balaban J connectivity index is 1.63. The van der Waals surface area contributed by atoms with Gasteiger partial charge in [-0.1, -0.05) is 0 Å². The van der Waals surface area contributed by atoms with Crippen molar-refractivity contribution in [2.75, 3.05) is 14.2 Å². The van der Waals surface area contributed by atoms with E-state index in [1.54, 1.807) is 26.6 Å². The van der Waals surface area contributed by atoms with Crippen molar-refractivity contribution < 1.29 is 14.3 Å². The van der Waals surface area contributed by atoms with Gasteiger partial charge in [0.15, 0.2) is 11.5 Å². The number of aromatic nitrogens is 2. The van der Waals surface area contributed by atoms with Gasteiger partial charge in [-0.3, -0.25) is 9.78 Å². The van der Waals surface area contributed by atoms with Crippen molar-refractivity contribution in [2.24, 2.45) is 0 Å². The van der Waals surface area contributed by atoms with E-state index in [-0.39, 0.29) is 12.3 Å². The molecule has 0 saturated heterocycles. The first kappa shape index (κ1) is 17.9. The molecular formula is C19H19N3O3S. The Hall–Kier alpha value is -2.93. The van der Waals surface area contributed by atoms with Crippen molar-refractivity contribution in [3.63, 3.8) is 0 Å². The number of carbonyl (C=O) groups excluding carboxylic acids is 1. The minimum absolute atomic E-state index is 0.0639. The Labute approximate surface area is 155 Å². The van der Waals surface area contributed by atoms with E-state index in [2.05, 4.69) is 15.3 Å². The molecule has 0 spiro atoms. The lowest BCUT2D eigenvalue weighted by Crippen LogP contribution is -2.24. The molecule has 0 saturated carbocycles. The van der Waals surface area contributed by atoms with E-state index in [1.165, 1.54) is 11.3 Å². The molecule has 0 fully saturated rings. The van der Waals surface area contributed by atoms with E-state index in [1.807, 2.05) is 35.7 Å². The molecule has 6 nitrogen and oxygen atoms in total. The molecule has 0 aliphatic rings.